The fourth-order valence-electron chi connectivity index (χ4n) is 6.48. The van der Waals surface area contributed by atoms with Crippen LogP contribution in [0.1, 0.15) is 22.8 Å². The third-order valence-corrected chi connectivity index (χ3v) is 10.8. The molecule has 2 amide bonds. The van der Waals surface area contributed by atoms with Crippen LogP contribution < -0.4 is 4.87 Å². The summed E-state index contributed by atoms with van der Waals surface area (Å²) in [5.74, 6) is -3.38. The van der Waals surface area contributed by atoms with Crippen molar-refractivity contribution in [3.63, 3.8) is 0 Å². The number of carboxylic acids is 1. The molecule has 2 aromatic rings. The summed E-state index contributed by atoms with van der Waals surface area (Å²) in [7, 11) is 0. The summed E-state index contributed by atoms with van der Waals surface area (Å²) in [4.78, 5) is 54.2. The number of fused-ring (bicyclic) bond motifs is 9. The van der Waals surface area contributed by atoms with E-state index in [1.165, 1.54) is 0 Å². The monoisotopic (exact) mass is 510 g/mol. The highest BCUT2D eigenvalue weighted by Crippen LogP contribution is 2.68. The number of nitrogens with zero attached hydrogens (tertiary/aromatic N) is 1. The zero-order valence-electron chi connectivity index (χ0n) is 16.3. The number of aliphatic carboxylic acids is 1. The van der Waals surface area contributed by atoms with E-state index in [1.54, 1.807) is 17.8 Å². The van der Waals surface area contributed by atoms with Crippen LogP contribution in [-0.2, 0) is 14.4 Å². The first-order chi connectivity index (χ1) is 15.3. The van der Waals surface area contributed by atoms with Gasteiger partial charge in [0.1, 0.15) is 6.54 Å². The highest BCUT2D eigenvalue weighted by atomic mass is 35.5. The Bertz CT molecular complexity index is 1260. The number of rotatable bonds is 3. The molecular weight excluding hydrogens is 495 g/mol. The molecule has 2 aliphatic carbocycles. The van der Waals surface area contributed by atoms with Gasteiger partial charge < -0.3 is 10.1 Å². The Morgan fingerprint density at radius 2 is 1.88 bits per heavy atom. The van der Waals surface area contributed by atoms with Crippen LogP contribution in [0.25, 0.3) is 0 Å². The van der Waals surface area contributed by atoms with Crippen LogP contribution in [0.3, 0.4) is 0 Å². The second-order valence-corrected chi connectivity index (χ2v) is 11.7. The number of benzene rings is 1. The van der Waals surface area contributed by atoms with E-state index < -0.39 is 24.3 Å². The molecule has 0 spiro atoms. The maximum Gasteiger partial charge on any atom is 0.323 e. The SMILES string of the molecule is O=C(O)CN1C(=O)[C@@H]2[C@H]3C[C@@H]([C@H]4Sc5[nH]c(=O)sc5[C@H](c5cccc(Cl)c5Cl)[C@@H]34)[C@H]2C1=O. The average Bonchev–Trinajstić information content (AvgIpc) is 3.46. The summed E-state index contributed by atoms with van der Waals surface area (Å²) in [6, 6.07) is 5.44. The number of carbonyl (C=O) groups excluding carboxylic acids is 2. The van der Waals surface area contributed by atoms with E-state index in [0.29, 0.717) is 10.0 Å². The Kier molecular flexibility index (Phi) is 4.60. The fourth-order valence-corrected chi connectivity index (χ4v) is 9.78. The van der Waals surface area contributed by atoms with Crippen LogP contribution in [0, 0.1) is 29.6 Å². The molecule has 32 heavy (non-hydrogen) atoms. The molecule has 2 bridgehead atoms. The minimum atomic E-state index is -1.20. The highest BCUT2D eigenvalue weighted by molar-refractivity contribution is 8.00. The van der Waals surface area contributed by atoms with Crippen LogP contribution in [0.15, 0.2) is 28.0 Å². The van der Waals surface area contributed by atoms with Crippen molar-refractivity contribution in [3.05, 3.63) is 48.4 Å². The number of aromatic amines is 1. The number of halogens is 2. The van der Waals surface area contributed by atoms with Crippen LogP contribution >= 0.6 is 46.3 Å². The van der Waals surface area contributed by atoms with Crippen molar-refractivity contribution in [2.45, 2.75) is 22.6 Å². The number of amides is 2. The maximum absolute atomic E-state index is 13.1. The molecule has 7 atom stereocenters. The number of carbonyl (C=O) groups is 3. The number of aromatic nitrogens is 1. The summed E-state index contributed by atoms with van der Waals surface area (Å²) in [5.41, 5.74) is 0.814. The maximum atomic E-state index is 13.1. The van der Waals surface area contributed by atoms with Gasteiger partial charge in [0.25, 0.3) is 0 Å². The molecular formula is C21H16Cl2N2O5S2. The molecule has 166 valence electrons. The topological polar surface area (TPSA) is 108 Å². The molecule has 7 nitrogen and oxygen atoms in total. The lowest BCUT2D eigenvalue weighted by Gasteiger charge is -2.43. The minimum Gasteiger partial charge on any atom is -0.480 e. The quantitative estimate of drug-likeness (QED) is 0.613. The van der Waals surface area contributed by atoms with Gasteiger partial charge in [-0.3, -0.25) is 24.1 Å². The highest BCUT2D eigenvalue weighted by Gasteiger charge is 2.69. The van der Waals surface area contributed by atoms with Gasteiger partial charge >= 0.3 is 10.8 Å². The molecule has 0 radical (unpaired) electrons. The van der Waals surface area contributed by atoms with Gasteiger partial charge in [0.05, 0.1) is 26.9 Å². The number of imide groups is 1. The van der Waals surface area contributed by atoms with Gasteiger partial charge in [-0.05, 0) is 35.8 Å². The normalized spacial score (nSPS) is 34.6. The van der Waals surface area contributed by atoms with E-state index in [-0.39, 0.29) is 45.6 Å². The van der Waals surface area contributed by atoms with Crippen molar-refractivity contribution in [2.75, 3.05) is 6.54 Å². The van der Waals surface area contributed by atoms with E-state index in [4.69, 9.17) is 23.2 Å². The first-order valence-corrected chi connectivity index (χ1v) is 12.6. The number of hydrogen-bond acceptors (Lipinski definition) is 6. The largest absolute Gasteiger partial charge is 0.480 e. The summed E-state index contributed by atoms with van der Waals surface area (Å²) < 4.78 is 0. The van der Waals surface area contributed by atoms with Crippen molar-refractivity contribution in [3.8, 4) is 0 Å². The lowest BCUT2D eigenvalue weighted by atomic mass is 9.68. The van der Waals surface area contributed by atoms with Crippen molar-refractivity contribution in [1.82, 2.24) is 9.88 Å². The predicted octanol–water partition coefficient (Wildman–Crippen LogP) is 3.30. The molecule has 2 saturated carbocycles. The minimum absolute atomic E-state index is 0.0114. The lowest BCUT2D eigenvalue weighted by Crippen LogP contribution is -2.42. The zero-order valence-corrected chi connectivity index (χ0v) is 19.4. The summed E-state index contributed by atoms with van der Waals surface area (Å²) >= 11 is 15.7. The molecule has 11 heteroatoms. The Morgan fingerprint density at radius 1 is 1.16 bits per heavy atom. The smallest absolute Gasteiger partial charge is 0.323 e. The van der Waals surface area contributed by atoms with Crippen molar-refractivity contribution < 1.29 is 19.5 Å². The van der Waals surface area contributed by atoms with Crippen molar-refractivity contribution >= 4 is 64.1 Å². The lowest BCUT2D eigenvalue weighted by molar-refractivity contribution is -0.149. The Hall–Kier alpha value is -1.81. The zero-order chi connectivity index (χ0) is 22.5. The Morgan fingerprint density at radius 3 is 2.59 bits per heavy atom. The Balaban J connectivity index is 1.48. The van der Waals surface area contributed by atoms with Gasteiger partial charge in [0.15, 0.2) is 0 Å². The summed E-state index contributed by atoms with van der Waals surface area (Å²) in [6.07, 6.45) is 0.726. The number of H-pyrrole nitrogens is 1. The van der Waals surface area contributed by atoms with Crippen LogP contribution in [-0.4, -0.2) is 44.6 Å². The molecule has 1 aromatic heterocycles. The van der Waals surface area contributed by atoms with Crippen molar-refractivity contribution in [1.29, 1.82) is 0 Å². The second-order valence-electron chi connectivity index (χ2n) is 8.76. The molecule has 6 rings (SSSR count). The summed E-state index contributed by atoms with van der Waals surface area (Å²) in [5, 5.41) is 10.8. The van der Waals surface area contributed by atoms with Crippen LogP contribution in [0.5, 0.6) is 0 Å². The van der Waals surface area contributed by atoms with Gasteiger partial charge in [0.2, 0.25) is 11.8 Å². The van der Waals surface area contributed by atoms with E-state index in [0.717, 1.165) is 38.1 Å². The van der Waals surface area contributed by atoms with Crippen LogP contribution in [0.4, 0.5) is 0 Å². The number of thiazole rings is 1. The molecule has 3 heterocycles. The van der Waals surface area contributed by atoms with Crippen molar-refractivity contribution in [2.24, 2.45) is 29.6 Å². The average molecular weight is 511 g/mol. The van der Waals surface area contributed by atoms with Gasteiger partial charge in [-0.2, -0.15) is 0 Å². The number of carboxylic acid groups (broad SMARTS) is 1. The molecule has 4 aliphatic rings. The predicted molar refractivity (Wildman–Crippen MR) is 119 cm³/mol. The Labute approximate surface area is 200 Å². The fraction of sp³-hybridized carbons (Fsp3) is 0.429. The summed E-state index contributed by atoms with van der Waals surface area (Å²) in [6.45, 7) is -0.600. The van der Waals surface area contributed by atoms with Gasteiger partial charge in [-0.15, -0.1) is 11.8 Å². The molecule has 2 N–H and O–H groups in total. The molecule has 0 unspecified atom stereocenters. The first-order valence-electron chi connectivity index (χ1n) is 10.2. The van der Waals surface area contributed by atoms with Gasteiger partial charge in [-0.1, -0.05) is 46.7 Å². The third-order valence-electron chi connectivity index (χ3n) is 7.43. The number of thioether (sulfide) groups is 1. The number of nitrogens with one attached hydrogen (secondary N) is 1. The van der Waals surface area contributed by atoms with E-state index in [2.05, 4.69) is 4.98 Å². The number of likely N-dealkylation sites (tertiary alicyclic amines) is 1. The van der Waals surface area contributed by atoms with Gasteiger partial charge in [0, 0.05) is 16.0 Å². The van der Waals surface area contributed by atoms with E-state index >= 15 is 0 Å². The van der Waals surface area contributed by atoms with E-state index in [1.807, 2.05) is 12.1 Å². The molecule has 3 fully saturated rings. The van der Waals surface area contributed by atoms with Crippen LogP contribution in [0.2, 0.25) is 10.0 Å². The van der Waals surface area contributed by atoms with Gasteiger partial charge in [-0.25, -0.2) is 0 Å². The molecule has 2 aliphatic heterocycles. The molecule has 1 saturated heterocycles. The van der Waals surface area contributed by atoms with E-state index in [9.17, 15) is 24.3 Å². The molecule has 1 aromatic carbocycles. The second kappa shape index (κ2) is 7.09. The third kappa shape index (κ3) is 2.68. The number of hydrogen-bond donors (Lipinski definition) is 2. The standard InChI is InChI=1S/C21H16Cl2N2O5S2/c22-9-3-1-2-6(15(9)23)11-12-7-4-8(16(12)31-18-17(11)32-21(30)24-18)14-13(7)19(28)25(20(14)29)5-10(26)27/h1-3,7-8,11-14,16H,4-5H2,(H,24,30)(H,26,27)/t7-,8+,11+,12+,13+,14+,16+/m0/s1. The first kappa shape index (κ1) is 20.8.